The number of rotatable bonds is 1. The van der Waals surface area contributed by atoms with Crippen LogP contribution in [0.1, 0.15) is 53.4 Å². The summed E-state index contributed by atoms with van der Waals surface area (Å²) in [7, 11) is 0. The van der Waals surface area contributed by atoms with Gasteiger partial charge < -0.3 is 15.3 Å². The van der Waals surface area contributed by atoms with E-state index in [1.54, 1.807) is 6.92 Å². The Kier molecular flexibility index (Phi) is 3.54. The molecule has 2 saturated carbocycles. The number of hydrogen-bond donors (Lipinski definition) is 3. The minimum Gasteiger partial charge on any atom is -0.390 e. The Balaban J connectivity index is 2.32. The average Bonchev–Trinajstić information content (AvgIpc) is 2.23. The van der Waals surface area contributed by atoms with Gasteiger partial charge in [-0.15, -0.1) is 0 Å². The fourth-order valence-corrected chi connectivity index (χ4v) is 4.30. The van der Waals surface area contributed by atoms with Crippen LogP contribution in [0.25, 0.3) is 0 Å². The van der Waals surface area contributed by atoms with E-state index in [4.69, 9.17) is 0 Å². The monoisotopic (exact) mass is 256 g/mol. The Hall–Kier alpha value is -0.120. The summed E-state index contributed by atoms with van der Waals surface area (Å²) in [4.78, 5) is 0. The van der Waals surface area contributed by atoms with E-state index in [0.29, 0.717) is 18.3 Å². The van der Waals surface area contributed by atoms with Crippen LogP contribution < -0.4 is 0 Å². The Morgan fingerprint density at radius 3 is 2.11 bits per heavy atom. The summed E-state index contributed by atoms with van der Waals surface area (Å²) in [5.74, 6) is 1.03. The molecule has 2 rings (SSSR count). The zero-order chi connectivity index (χ0) is 13.7. The second kappa shape index (κ2) is 4.46. The lowest BCUT2D eigenvalue weighted by Crippen LogP contribution is -2.60. The van der Waals surface area contributed by atoms with Gasteiger partial charge in [0.05, 0.1) is 17.3 Å². The van der Waals surface area contributed by atoms with Crippen LogP contribution in [0.5, 0.6) is 0 Å². The van der Waals surface area contributed by atoms with Crippen molar-refractivity contribution in [3.05, 3.63) is 0 Å². The van der Waals surface area contributed by atoms with Gasteiger partial charge in [0.15, 0.2) is 0 Å². The van der Waals surface area contributed by atoms with Crippen LogP contribution in [0.15, 0.2) is 0 Å². The first-order valence-electron chi connectivity index (χ1n) is 7.29. The molecule has 6 atom stereocenters. The molecule has 18 heavy (non-hydrogen) atoms. The molecule has 3 heteroatoms. The molecule has 0 aromatic carbocycles. The summed E-state index contributed by atoms with van der Waals surface area (Å²) >= 11 is 0. The van der Waals surface area contributed by atoms with Crippen molar-refractivity contribution in [2.75, 3.05) is 0 Å². The quantitative estimate of drug-likeness (QED) is 0.672. The molecule has 0 saturated heterocycles. The third kappa shape index (κ3) is 2.21. The van der Waals surface area contributed by atoms with Crippen LogP contribution in [0.3, 0.4) is 0 Å². The predicted molar refractivity (Wildman–Crippen MR) is 71.0 cm³/mol. The highest BCUT2D eigenvalue weighted by Crippen LogP contribution is 2.52. The summed E-state index contributed by atoms with van der Waals surface area (Å²) in [5, 5.41) is 31.4. The number of fused-ring (bicyclic) bond motifs is 1. The van der Waals surface area contributed by atoms with Crippen molar-refractivity contribution in [1.82, 2.24) is 0 Å². The number of aliphatic hydroxyl groups excluding tert-OH is 1. The Bertz CT molecular complexity index is 307. The Labute approximate surface area is 110 Å². The third-order valence-electron chi connectivity index (χ3n) is 5.56. The topological polar surface area (TPSA) is 60.7 Å². The van der Waals surface area contributed by atoms with E-state index in [0.717, 1.165) is 19.3 Å². The summed E-state index contributed by atoms with van der Waals surface area (Å²) in [6.45, 7) is 7.98. The highest BCUT2D eigenvalue weighted by atomic mass is 16.3. The van der Waals surface area contributed by atoms with Crippen molar-refractivity contribution in [1.29, 1.82) is 0 Å². The van der Waals surface area contributed by atoms with Crippen molar-refractivity contribution < 1.29 is 15.3 Å². The second-order valence-electron chi connectivity index (χ2n) is 7.33. The largest absolute Gasteiger partial charge is 0.390 e. The molecule has 106 valence electrons. The molecule has 0 heterocycles. The van der Waals surface area contributed by atoms with Crippen molar-refractivity contribution in [2.45, 2.75) is 70.7 Å². The zero-order valence-electron chi connectivity index (χ0n) is 12.1. The van der Waals surface area contributed by atoms with E-state index in [9.17, 15) is 15.3 Å². The van der Waals surface area contributed by atoms with Crippen LogP contribution in [0, 0.1) is 23.7 Å². The minimum absolute atomic E-state index is 0.0255. The second-order valence-corrected chi connectivity index (χ2v) is 7.33. The summed E-state index contributed by atoms with van der Waals surface area (Å²) in [5.41, 5.74) is -1.69. The van der Waals surface area contributed by atoms with Gasteiger partial charge in [-0.25, -0.2) is 0 Å². The molecule has 3 nitrogen and oxygen atoms in total. The molecule has 0 amide bonds. The highest BCUT2D eigenvalue weighted by molar-refractivity contribution is 5.05. The van der Waals surface area contributed by atoms with Crippen LogP contribution in [0.2, 0.25) is 0 Å². The van der Waals surface area contributed by atoms with Crippen LogP contribution in [0.4, 0.5) is 0 Å². The van der Waals surface area contributed by atoms with Crippen molar-refractivity contribution in [2.24, 2.45) is 23.7 Å². The summed E-state index contributed by atoms with van der Waals surface area (Å²) in [6.07, 6.45) is 2.43. The SMILES string of the molecule is CC(C)[C@H]1CC[C@](C)(O)[C@@H]2CC[C@@](C)(O)[C@H](O)[C@H]12. The van der Waals surface area contributed by atoms with Crippen molar-refractivity contribution in [3.8, 4) is 0 Å². The van der Waals surface area contributed by atoms with E-state index in [-0.39, 0.29) is 11.8 Å². The van der Waals surface area contributed by atoms with E-state index in [2.05, 4.69) is 13.8 Å². The maximum Gasteiger partial charge on any atom is 0.0880 e. The molecule has 2 aliphatic rings. The van der Waals surface area contributed by atoms with E-state index < -0.39 is 17.3 Å². The minimum atomic E-state index is -0.998. The summed E-state index contributed by atoms with van der Waals surface area (Å²) in [6, 6.07) is 0. The van der Waals surface area contributed by atoms with Crippen LogP contribution in [-0.2, 0) is 0 Å². The molecule has 0 radical (unpaired) electrons. The van der Waals surface area contributed by atoms with Gasteiger partial charge in [-0.1, -0.05) is 13.8 Å². The molecule has 0 unspecified atom stereocenters. The standard InChI is InChI=1S/C15H28O3/c1-9(2)10-5-7-14(3,17)11-6-8-15(4,18)13(16)12(10)11/h9-13,16-18H,5-8H2,1-4H3/t10-,11-,12-,13-,14+,15-/m1/s1. The maximum absolute atomic E-state index is 10.6. The van der Waals surface area contributed by atoms with Crippen LogP contribution >= 0.6 is 0 Å². The first-order chi connectivity index (χ1) is 8.17. The first kappa shape index (κ1) is 14.3. The molecular weight excluding hydrogens is 228 g/mol. The lowest BCUT2D eigenvalue weighted by molar-refractivity contribution is -0.201. The lowest BCUT2D eigenvalue weighted by Gasteiger charge is -2.55. The van der Waals surface area contributed by atoms with Gasteiger partial charge in [0.1, 0.15) is 0 Å². The normalized spacial score (nSPS) is 53.3. The van der Waals surface area contributed by atoms with E-state index >= 15 is 0 Å². The van der Waals surface area contributed by atoms with Crippen molar-refractivity contribution >= 4 is 0 Å². The Morgan fingerprint density at radius 2 is 1.56 bits per heavy atom. The number of hydrogen-bond acceptors (Lipinski definition) is 3. The van der Waals surface area contributed by atoms with Gasteiger partial charge in [0.2, 0.25) is 0 Å². The predicted octanol–water partition coefficient (Wildman–Crippen LogP) is 1.94. The van der Waals surface area contributed by atoms with Gasteiger partial charge in [-0.05, 0) is 63.2 Å². The zero-order valence-corrected chi connectivity index (χ0v) is 12.1. The molecular formula is C15H28O3. The Morgan fingerprint density at radius 1 is 1.00 bits per heavy atom. The molecule has 0 aromatic rings. The fraction of sp³-hybridized carbons (Fsp3) is 1.00. The van der Waals surface area contributed by atoms with E-state index in [1.165, 1.54) is 0 Å². The highest BCUT2D eigenvalue weighted by Gasteiger charge is 2.55. The molecule has 0 aliphatic heterocycles. The van der Waals surface area contributed by atoms with Gasteiger partial charge in [-0.3, -0.25) is 0 Å². The molecule has 2 fully saturated rings. The molecule has 0 aromatic heterocycles. The number of aliphatic hydroxyl groups is 3. The maximum atomic E-state index is 10.6. The van der Waals surface area contributed by atoms with Gasteiger partial charge in [0, 0.05) is 0 Å². The van der Waals surface area contributed by atoms with Gasteiger partial charge in [0.25, 0.3) is 0 Å². The molecule has 0 spiro atoms. The third-order valence-corrected chi connectivity index (χ3v) is 5.56. The van der Waals surface area contributed by atoms with Gasteiger partial charge >= 0.3 is 0 Å². The molecule has 2 aliphatic carbocycles. The van der Waals surface area contributed by atoms with Crippen molar-refractivity contribution in [3.63, 3.8) is 0 Å². The smallest absolute Gasteiger partial charge is 0.0880 e. The summed E-state index contributed by atoms with van der Waals surface area (Å²) < 4.78 is 0. The van der Waals surface area contributed by atoms with Gasteiger partial charge in [-0.2, -0.15) is 0 Å². The average molecular weight is 256 g/mol. The van der Waals surface area contributed by atoms with E-state index in [1.807, 2.05) is 6.92 Å². The van der Waals surface area contributed by atoms with Crippen LogP contribution in [-0.4, -0.2) is 32.6 Å². The lowest BCUT2D eigenvalue weighted by atomic mass is 9.54. The fourth-order valence-electron chi connectivity index (χ4n) is 4.30. The molecule has 0 bridgehead atoms. The first-order valence-corrected chi connectivity index (χ1v) is 7.29. The molecule has 3 N–H and O–H groups in total.